The zero-order valence-electron chi connectivity index (χ0n) is 20.5. The van der Waals surface area contributed by atoms with Crippen LogP contribution in [0, 0.1) is 40.8 Å². The second-order valence-corrected chi connectivity index (χ2v) is 8.64. The van der Waals surface area contributed by atoms with Gasteiger partial charge in [0.1, 0.15) is 23.5 Å². The second-order valence-electron chi connectivity index (χ2n) is 8.64. The van der Waals surface area contributed by atoms with Crippen LogP contribution in [0.1, 0.15) is 63.8 Å². The van der Waals surface area contributed by atoms with Crippen molar-refractivity contribution in [1.82, 2.24) is 4.98 Å². The van der Waals surface area contributed by atoms with E-state index in [-0.39, 0.29) is 90.1 Å². The Kier molecular flexibility index (Phi) is 14.2. The molecule has 5 nitrogen and oxygen atoms in total. The summed E-state index contributed by atoms with van der Waals surface area (Å²) >= 11 is 0. The normalized spacial score (nSPS) is 20.5. The fraction of sp³-hybridized carbons (Fsp3) is 0.370. The summed E-state index contributed by atoms with van der Waals surface area (Å²) in [6, 6.07) is 5.93. The molecule has 4 aliphatic rings. The number of aliphatic imine (C=N–C) groups is 4. The van der Waals surface area contributed by atoms with Crippen molar-refractivity contribution in [1.29, 1.82) is 0 Å². The second kappa shape index (κ2) is 15.4. The Morgan fingerprint density at radius 1 is 0.694 bits per heavy atom. The van der Waals surface area contributed by atoms with Gasteiger partial charge in [0, 0.05) is 0 Å². The third-order valence-corrected chi connectivity index (χ3v) is 6.10. The van der Waals surface area contributed by atoms with E-state index < -0.39 is 0 Å². The van der Waals surface area contributed by atoms with Crippen LogP contribution in [0.4, 0.5) is 0 Å². The first-order valence-corrected chi connectivity index (χ1v) is 11.8. The first-order valence-electron chi connectivity index (χ1n) is 11.8. The van der Waals surface area contributed by atoms with Crippen LogP contribution in [0.5, 0.6) is 0 Å². The maximum absolute atomic E-state index is 4.82. The molecule has 0 fully saturated rings. The quantitative estimate of drug-likeness (QED) is 0.284. The Bertz CT molecular complexity index is 1090. The number of allylic oxidation sites excluding steroid dienone is 4. The van der Waals surface area contributed by atoms with Crippen LogP contribution < -0.4 is 37.2 Å². The number of pyridine rings is 1. The zero-order chi connectivity index (χ0) is 21.9. The Morgan fingerprint density at radius 3 is 1.56 bits per heavy atom. The monoisotopic (exact) mass is 670 g/mol. The number of halogens is 3. The summed E-state index contributed by atoms with van der Waals surface area (Å²) in [7, 11) is 0. The van der Waals surface area contributed by atoms with E-state index in [4.69, 9.17) is 25.0 Å². The van der Waals surface area contributed by atoms with E-state index in [1.54, 1.807) is 0 Å². The fourth-order valence-corrected chi connectivity index (χ4v) is 4.26. The molecule has 0 aromatic carbocycles. The van der Waals surface area contributed by atoms with E-state index >= 15 is 0 Å². The number of unbranched alkanes of at least 4 members (excludes halogenated alkanes) is 2. The maximum Gasteiger partial charge on any atom is 3.00 e. The number of hydrogen-bond donors (Lipinski definition) is 0. The van der Waals surface area contributed by atoms with Crippen molar-refractivity contribution in [3.05, 3.63) is 77.2 Å². The van der Waals surface area contributed by atoms with Crippen molar-refractivity contribution in [2.75, 3.05) is 0 Å². The molecule has 3 heterocycles. The smallest absolute Gasteiger partial charge is 1.00 e. The van der Waals surface area contributed by atoms with Gasteiger partial charge in [-0.1, -0.05) is 57.1 Å². The molecule has 2 unspecified atom stereocenters. The molecule has 1 radical (unpaired) electrons. The fourth-order valence-electron chi connectivity index (χ4n) is 4.26. The minimum atomic E-state index is 0. The summed E-state index contributed by atoms with van der Waals surface area (Å²) in [5.41, 5.74) is 6.24. The molecule has 0 saturated heterocycles. The van der Waals surface area contributed by atoms with Gasteiger partial charge in [-0.15, -0.1) is 0 Å². The van der Waals surface area contributed by atoms with Gasteiger partial charge in [0.15, 0.2) is 11.7 Å². The van der Waals surface area contributed by atoms with Crippen molar-refractivity contribution in [3.8, 4) is 0 Å². The topological polar surface area (TPSA) is 62.3 Å². The molecule has 5 rings (SSSR count). The van der Waals surface area contributed by atoms with Crippen molar-refractivity contribution in [2.45, 2.75) is 64.5 Å². The number of amidine groups is 2. The van der Waals surface area contributed by atoms with Crippen LogP contribution in [0.3, 0.4) is 0 Å². The predicted molar refractivity (Wildman–Crippen MR) is 133 cm³/mol. The van der Waals surface area contributed by atoms with E-state index in [1.165, 1.54) is 36.8 Å². The Morgan fingerprint density at radius 2 is 1.14 bits per heavy atom. The summed E-state index contributed by atoms with van der Waals surface area (Å²) in [5.74, 6) is 1.38. The van der Waals surface area contributed by atoms with Gasteiger partial charge < -0.3 is 37.2 Å². The van der Waals surface area contributed by atoms with Crippen LogP contribution in [-0.4, -0.2) is 40.2 Å². The van der Waals surface area contributed by atoms with Crippen LogP contribution in [0.2, 0.25) is 0 Å². The van der Waals surface area contributed by atoms with E-state index in [9.17, 15) is 0 Å². The standard InChI is InChI=1S/C27H29N5.3ClH.Nd/c1-3-5-8-18-12-14-20-24(16-18)31-26(29-20)22-10-7-11-23(28-22)27-30-21-15-13-19(9-6-4-2)17-25(21)32-27;;;;/h7,10-17,20-21H,3-6,8-9H2,1-2H3;3*1H;/q;;;;+3/p-3. The average Bonchev–Trinajstić information content (AvgIpc) is 3.45. The number of hydrogen-bond acceptors (Lipinski definition) is 5. The summed E-state index contributed by atoms with van der Waals surface area (Å²) < 4.78 is 0. The summed E-state index contributed by atoms with van der Waals surface area (Å²) in [6.45, 7) is 4.43. The molecule has 187 valence electrons. The molecule has 2 atom stereocenters. The largest absolute Gasteiger partial charge is 3.00 e. The van der Waals surface area contributed by atoms with Gasteiger partial charge >= 0.3 is 40.8 Å². The number of aromatic nitrogens is 1. The first kappa shape index (κ1) is 33.0. The van der Waals surface area contributed by atoms with Crippen LogP contribution in [-0.2, 0) is 0 Å². The number of fused-ring (bicyclic) bond motifs is 2. The molecule has 1 aromatic rings. The number of rotatable bonds is 8. The Balaban J connectivity index is 0.00000162. The maximum atomic E-state index is 4.82. The van der Waals surface area contributed by atoms with Gasteiger partial charge in [-0.05, 0) is 61.1 Å². The molecule has 9 heteroatoms. The van der Waals surface area contributed by atoms with Gasteiger partial charge in [0.05, 0.1) is 11.4 Å². The molecule has 0 saturated carbocycles. The third kappa shape index (κ3) is 7.53. The minimum absolute atomic E-state index is 0. The molecule has 36 heavy (non-hydrogen) atoms. The van der Waals surface area contributed by atoms with E-state index in [0.29, 0.717) is 11.7 Å². The van der Waals surface area contributed by atoms with Crippen molar-refractivity contribution in [2.24, 2.45) is 20.0 Å². The molecule has 2 aliphatic heterocycles. The minimum Gasteiger partial charge on any atom is -1.00 e. The van der Waals surface area contributed by atoms with Crippen LogP contribution >= 0.6 is 0 Å². The summed E-state index contributed by atoms with van der Waals surface area (Å²) in [6.07, 6.45) is 20.0. The summed E-state index contributed by atoms with van der Waals surface area (Å²) in [4.78, 5) is 24.0. The van der Waals surface area contributed by atoms with Gasteiger partial charge in [0.25, 0.3) is 0 Å². The molecular formula is C27H29Cl3N5Nd. The van der Waals surface area contributed by atoms with Crippen molar-refractivity contribution < 1.29 is 78.1 Å². The van der Waals surface area contributed by atoms with Crippen LogP contribution in [0.15, 0.2) is 85.8 Å². The van der Waals surface area contributed by atoms with Crippen molar-refractivity contribution in [3.63, 3.8) is 0 Å². The molecule has 2 aliphatic carbocycles. The van der Waals surface area contributed by atoms with Gasteiger partial charge in [0.2, 0.25) is 0 Å². The zero-order valence-corrected chi connectivity index (χ0v) is 25.9. The molecule has 0 spiro atoms. The molecule has 0 amide bonds. The van der Waals surface area contributed by atoms with Crippen LogP contribution in [0.25, 0.3) is 0 Å². The predicted octanol–water partition coefficient (Wildman–Crippen LogP) is -3.39. The van der Waals surface area contributed by atoms with Gasteiger partial charge in [-0.2, -0.15) is 0 Å². The van der Waals surface area contributed by atoms with E-state index in [0.717, 1.165) is 35.7 Å². The summed E-state index contributed by atoms with van der Waals surface area (Å²) in [5, 5.41) is 0. The molecular weight excluding hydrogens is 645 g/mol. The third-order valence-electron chi connectivity index (χ3n) is 6.10. The average molecular weight is 674 g/mol. The van der Waals surface area contributed by atoms with Gasteiger partial charge in [-0.3, -0.25) is 9.98 Å². The van der Waals surface area contributed by atoms with E-state index in [2.05, 4.69) is 50.3 Å². The Hall–Kier alpha value is -0.989. The van der Waals surface area contributed by atoms with Crippen molar-refractivity contribution >= 4 is 23.1 Å². The Labute approximate surface area is 265 Å². The molecule has 0 N–H and O–H groups in total. The van der Waals surface area contributed by atoms with Gasteiger partial charge in [-0.25, -0.2) is 15.0 Å². The number of nitrogens with zero attached hydrogens (tertiary/aromatic N) is 5. The molecule has 1 aromatic heterocycles. The van der Waals surface area contributed by atoms with E-state index in [1.807, 2.05) is 18.2 Å². The molecule has 0 bridgehead atoms. The SMILES string of the molecule is CCCCC1=CC2=NC(c3cccc(C4=NC5C=CC(CCCC)=CC5=N4)n3)=NC2C=C1.[Cl-].[Cl-].[Cl-].[Nd+3]. The first-order chi connectivity index (χ1) is 15.7.